The summed E-state index contributed by atoms with van der Waals surface area (Å²) in [4.78, 5) is 12.5. The third-order valence-corrected chi connectivity index (χ3v) is 4.01. The van der Waals surface area contributed by atoms with Crippen LogP contribution in [0, 0.1) is 26.7 Å². The minimum absolute atomic E-state index is 0.0378. The second-order valence-electron chi connectivity index (χ2n) is 5.32. The molecular weight excluding hydrogens is 210 g/mol. The van der Waals surface area contributed by atoms with Gasteiger partial charge in [0.15, 0.2) is 5.78 Å². The van der Waals surface area contributed by atoms with Crippen LogP contribution in [0.4, 0.5) is 0 Å². The van der Waals surface area contributed by atoms with Gasteiger partial charge in [-0.15, -0.1) is 0 Å². The van der Waals surface area contributed by atoms with Crippen molar-refractivity contribution in [1.82, 2.24) is 0 Å². The van der Waals surface area contributed by atoms with E-state index in [-0.39, 0.29) is 17.7 Å². The lowest BCUT2D eigenvalue weighted by molar-refractivity contribution is 0.0912. The number of benzene rings is 1. The first-order chi connectivity index (χ1) is 8.00. The summed E-state index contributed by atoms with van der Waals surface area (Å²) in [5, 5.41) is 0. The van der Waals surface area contributed by atoms with Crippen molar-refractivity contribution >= 4 is 5.78 Å². The van der Waals surface area contributed by atoms with Crippen LogP contribution in [0.15, 0.2) is 12.1 Å². The van der Waals surface area contributed by atoms with E-state index < -0.39 is 0 Å². The molecule has 1 aliphatic carbocycles. The zero-order valence-electron chi connectivity index (χ0n) is 10.9. The molecule has 1 aromatic rings. The van der Waals surface area contributed by atoms with E-state index in [1.165, 1.54) is 11.1 Å². The molecule has 0 saturated heterocycles. The Morgan fingerprint density at radius 1 is 1.12 bits per heavy atom. The van der Waals surface area contributed by atoms with Gasteiger partial charge >= 0.3 is 0 Å². The van der Waals surface area contributed by atoms with Crippen LogP contribution in [0.1, 0.15) is 46.3 Å². The second-order valence-corrected chi connectivity index (χ2v) is 5.32. The molecule has 2 atom stereocenters. The molecule has 2 nitrogen and oxygen atoms in total. The Balaban J connectivity index is 2.34. The average Bonchev–Trinajstić information content (AvgIpc) is 2.69. The highest BCUT2D eigenvalue weighted by Gasteiger charge is 2.31. The average molecular weight is 231 g/mol. The van der Waals surface area contributed by atoms with Gasteiger partial charge in [0.05, 0.1) is 0 Å². The summed E-state index contributed by atoms with van der Waals surface area (Å²) in [6.45, 7) is 6.15. The molecule has 2 heteroatoms. The van der Waals surface area contributed by atoms with Crippen LogP contribution in [0.25, 0.3) is 0 Å². The molecule has 2 N–H and O–H groups in total. The van der Waals surface area contributed by atoms with Crippen LogP contribution in [0.2, 0.25) is 0 Å². The van der Waals surface area contributed by atoms with Gasteiger partial charge in [-0.2, -0.15) is 0 Å². The van der Waals surface area contributed by atoms with E-state index in [2.05, 4.69) is 19.9 Å². The molecule has 1 aliphatic rings. The summed E-state index contributed by atoms with van der Waals surface area (Å²) in [6, 6.07) is 4.18. The summed E-state index contributed by atoms with van der Waals surface area (Å²) >= 11 is 0. The van der Waals surface area contributed by atoms with Crippen LogP contribution in [0.5, 0.6) is 0 Å². The van der Waals surface area contributed by atoms with Crippen molar-refractivity contribution in [2.75, 3.05) is 0 Å². The fraction of sp³-hybridized carbons (Fsp3) is 0.533. The minimum atomic E-state index is 0.0378. The summed E-state index contributed by atoms with van der Waals surface area (Å²) in [6.07, 6.45) is 3.02. The molecule has 1 aromatic carbocycles. The number of ketones is 1. The van der Waals surface area contributed by atoms with Crippen molar-refractivity contribution in [2.45, 2.75) is 46.1 Å². The van der Waals surface area contributed by atoms with Crippen molar-refractivity contribution in [1.29, 1.82) is 0 Å². The van der Waals surface area contributed by atoms with Crippen LogP contribution >= 0.6 is 0 Å². The molecule has 0 aromatic heterocycles. The van der Waals surface area contributed by atoms with Gasteiger partial charge in [0.2, 0.25) is 0 Å². The molecule has 1 fully saturated rings. The maximum absolute atomic E-state index is 12.5. The summed E-state index contributed by atoms with van der Waals surface area (Å²) in [5.74, 6) is 0.284. The molecule has 0 bridgehead atoms. The van der Waals surface area contributed by atoms with E-state index in [0.717, 1.165) is 30.4 Å². The Kier molecular flexibility index (Phi) is 3.34. The highest BCUT2D eigenvalue weighted by Crippen LogP contribution is 2.29. The minimum Gasteiger partial charge on any atom is -0.327 e. The summed E-state index contributed by atoms with van der Waals surface area (Å²) < 4.78 is 0. The van der Waals surface area contributed by atoms with Crippen LogP contribution < -0.4 is 5.73 Å². The van der Waals surface area contributed by atoms with E-state index >= 15 is 0 Å². The van der Waals surface area contributed by atoms with Crippen LogP contribution in [-0.2, 0) is 0 Å². The van der Waals surface area contributed by atoms with Gasteiger partial charge in [-0.1, -0.05) is 12.5 Å². The molecule has 0 radical (unpaired) electrons. The van der Waals surface area contributed by atoms with Gasteiger partial charge in [-0.05, 0) is 56.4 Å². The zero-order valence-corrected chi connectivity index (χ0v) is 10.9. The molecule has 0 aliphatic heterocycles. The van der Waals surface area contributed by atoms with Crippen molar-refractivity contribution < 1.29 is 4.79 Å². The molecule has 0 heterocycles. The predicted octanol–water partition coefficient (Wildman–Crippen LogP) is 2.92. The zero-order chi connectivity index (χ0) is 12.6. The van der Waals surface area contributed by atoms with E-state index in [4.69, 9.17) is 5.73 Å². The standard InChI is InChI=1S/C15H21NO/c1-9-7-11(3)13(8-10(9)2)15(17)12-5-4-6-14(12)16/h7-8,12,14H,4-6,16H2,1-3H3. The lowest BCUT2D eigenvalue weighted by atomic mass is 9.89. The van der Waals surface area contributed by atoms with Gasteiger partial charge in [0, 0.05) is 17.5 Å². The van der Waals surface area contributed by atoms with Gasteiger partial charge in [-0.3, -0.25) is 4.79 Å². The molecule has 0 spiro atoms. The molecule has 1 saturated carbocycles. The van der Waals surface area contributed by atoms with Crippen molar-refractivity contribution in [3.05, 3.63) is 34.4 Å². The molecule has 92 valence electrons. The monoisotopic (exact) mass is 231 g/mol. The third kappa shape index (κ3) is 2.27. The largest absolute Gasteiger partial charge is 0.327 e. The smallest absolute Gasteiger partial charge is 0.167 e. The number of aryl methyl sites for hydroxylation is 3. The van der Waals surface area contributed by atoms with Gasteiger partial charge in [0.25, 0.3) is 0 Å². The maximum atomic E-state index is 12.5. The fourth-order valence-electron chi connectivity index (χ4n) is 2.74. The number of rotatable bonds is 2. The Bertz CT molecular complexity index is 450. The van der Waals surface area contributed by atoms with Crippen molar-refractivity contribution in [2.24, 2.45) is 11.7 Å². The normalized spacial score (nSPS) is 24.0. The van der Waals surface area contributed by atoms with Crippen molar-refractivity contribution in [3.63, 3.8) is 0 Å². The van der Waals surface area contributed by atoms with E-state index in [0.29, 0.717) is 0 Å². The van der Waals surface area contributed by atoms with Crippen LogP contribution in [0.3, 0.4) is 0 Å². The topological polar surface area (TPSA) is 43.1 Å². The lowest BCUT2D eigenvalue weighted by Crippen LogP contribution is -2.31. The van der Waals surface area contributed by atoms with E-state index in [1.54, 1.807) is 0 Å². The number of hydrogen-bond donors (Lipinski definition) is 1. The number of nitrogens with two attached hydrogens (primary N) is 1. The second kappa shape index (κ2) is 4.61. The number of Topliss-reactive ketones (excluding diaryl/α,β-unsaturated/α-hetero) is 1. The first-order valence-electron chi connectivity index (χ1n) is 6.38. The molecule has 17 heavy (non-hydrogen) atoms. The quantitative estimate of drug-likeness (QED) is 0.795. The van der Waals surface area contributed by atoms with E-state index in [1.807, 2.05) is 13.0 Å². The Hall–Kier alpha value is -1.15. The third-order valence-electron chi connectivity index (χ3n) is 4.01. The number of carbonyl (C=O) groups excluding carboxylic acids is 1. The van der Waals surface area contributed by atoms with Gasteiger partial charge in [-0.25, -0.2) is 0 Å². The Labute approximate surface area is 103 Å². The lowest BCUT2D eigenvalue weighted by Gasteiger charge is -2.16. The van der Waals surface area contributed by atoms with E-state index in [9.17, 15) is 4.79 Å². The first kappa shape index (κ1) is 12.3. The first-order valence-corrected chi connectivity index (χ1v) is 6.38. The number of carbonyl (C=O) groups is 1. The molecule has 2 unspecified atom stereocenters. The van der Waals surface area contributed by atoms with Crippen LogP contribution in [-0.4, -0.2) is 11.8 Å². The number of hydrogen-bond acceptors (Lipinski definition) is 2. The van der Waals surface area contributed by atoms with Gasteiger partial charge in [0.1, 0.15) is 0 Å². The Morgan fingerprint density at radius 2 is 1.76 bits per heavy atom. The highest BCUT2D eigenvalue weighted by molar-refractivity contribution is 6.00. The highest BCUT2D eigenvalue weighted by atomic mass is 16.1. The SMILES string of the molecule is Cc1cc(C)c(C(=O)C2CCCC2N)cc1C. The summed E-state index contributed by atoms with van der Waals surface area (Å²) in [7, 11) is 0. The Morgan fingerprint density at radius 3 is 2.35 bits per heavy atom. The van der Waals surface area contributed by atoms with Gasteiger partial charge < -0.3 is 5.73 Å². The molecule has 0 amide bonds. The van der Waals surface area contributed by atoms with Crippen molar-refractivity contribution in [3.8, 4) is 0 Å². The molecular formula is C15H21NO. The maximum Gasteiger partial charge on any atom is 0.167 e. The molecule has 2 rings (SSSR count). The summed E-state index contributed by atoms with van der Waals surface area (Å²) in [5.41, 5.74) is 10.4. The predicted molar refractivity (Wildman–Crippen MR) is 70.3 cm³/mol. The fourth-order valence-corrected chi connectivity index (χ4v) is 2.74.